The van der Waals surface area contributed by atoms with Crippen LogP contribution in [-0.2, 0) is 0 Å². The zero-order valence-electron chi connectivity index (χ0n) is 8.83. The molecule has 1 amide bonds. The van der Waals surface area contributed by atoms with Gasteiger partial charge in [0.1, 0.15) is 17.9 Å². The summed E-state index contributed by atoms with van der Waals surface area (Å²) in [7, 11) is 0. The van der Waals surface area contributed by atoms with Crippen molar-refractivity contribution in [1.29, 1.82) is 0 Å². The highest BCUT2D eigenvalue weighted by atomic mass is 19.1. The molecule has 0 atom stereocenters. The summed E-state index contributed by atoms with van der Waals surface area (Å²) in [5, 5.41) is 5.75. The maximum Gasteiger partial charge on any atom is 0.278 e. The van der Waals surface area contributed by atoms with Crippen LogP contribution >= 0.6 is 0 Å². The van der Waals surface area contributed by atoms with E-state index >= 15 is 0 Å². The van der Waals surface area contributed by atoms with Crippen LogP contribution in [0.25, 0.3) is 0 Å². The number of aromatic nitrogens is 1. The van der Waals surface area contributed by atoms with Crippen molar-refractivity contribution in [2.45, 2.75) is 6.92 Å². The van der Waals surface area contributed by atoms with Crippen LogP contribution in [0.4, 0.5) is 14.5 Å². The third-order valence-corrected chi connectivity index (χ3v) is 2.14. The topological polar surface area (TPSA) is 55.1 Å². The molecule has 0 saturated heterocycles. The Bertz CT molecular complexity index is 566. The van der Waals surface area contributed by atoms with E-state index in [1.54, 1.807) is 6.92 Å². The Morgan fingerprint density at radius 3 is 2.76 bits per heavy atom. The molecule has 0 unspecified atom stereocenters. The molecule has 0 aliphatic rings. The smallest absolute Gasteiger partial charge is 0.278 e. The first kappa shape index (κ1) is 11.3. The Kier molecular flexibility index (Phi) is 2.86. The lowest BCUT2D eigenvalue weighted by Crippen LogP contribution is -2.14. The first-order valence-electron chi connectivity index (χ1n) is 4.75. The highest BCUT2D eigenvalue weighted by Crippen LogP contribution is 2.16. The maximum absolute atomic E-state index is 13.3. The number of carbonyl (C=O) groups excluding carboxylic acids is 1. The van der Waals surface area contributed by atoms with Crippen LogP contribution in [0.2, 0.25) is 0 Å². The molecule has 2 rings (SSSR count). The van der Waals surface area contributed by atoms with Gasteiger partial charge in [0.15, 0.2) is 5.69 Å². The highest BCUT2D eigenvalue weighted by Gasteiger charge is 2.15. The van der Waals surface area contributed by atoms with Gasteiger partial charge in [-0.2, -0.15) is 0 Å². The number of nitrogens with one attached hydrogen (secondary N) is 1. The summed E-state index contributed by atoms with van der Waals surface area (Å²) in [6.07, 6.45) is 1.30. The summed E-state index contributed by atoms with van der Waals surface area (Å²) in [5.41, 5.74) is 0.484. The molecule has 0 saturated carbocycles. The fourth-order valence-electron chi connectivity index (χ4n) is 1.28. The lowest BCUT2D eigenvalue weighted by atomic mass is 10.2. The normalized spacial score (nSPS) is 10.3. The number of rotatable bonds is 2. The zero-order valence-corrected chi connectivity index (χ0v) is 8.83. The zero-order chi connectivity index (χ0) is 12.4. The molecule has 1 aromatic carbocycles. The Balaban J connectivity index is 2.22. The molecule has 4 nitrogen and oxygen atoms in total. The van der Waals surface area contributed by atoms with Gasteiger partial charge < -0.3 is 9.84 Å². The van der Waals surface area contributed by atoms with Gasteiger partial charge in [0.2, 0.25) is 0 Å². The molecule has 1 N–H and O–H groups in total. The average molecular weight is 238 g/mol. The minimum atomic E-state index is -0.848. The van der Waals surface area contributed by atoms with E-state index in [1.807, 2.05) is 0 Å². The van der Waals surface area contributed by atoms with Crippen LogP contribution in [0.5, 0.6) is 0 Å². The van der Waals surface area contributed by atoms with Crippen molar-refractivity contribution in [2.24, 2.45) is 0 Å². The number of nitrogens with zero attached hydrogens (tertiary/aromatic N) is 1. The second-order valence-electron chi connectivity index (χ2n) is 3.42. The summed E-state index contributed by atoms with van der Waals surface area (Å²) in [6.45, 7) is 1.63. The van der Waals surface area contributed by atoms with E-state index in [1.165, 1.54) is 6.26 Å². The van der Waals surface area contributed by atoms with Gasteiger partial charge in [-0.1, -0.05) is 5.16 Å². The summed E-state index contributed by atoms with van der Waals surface area (Å²) in [5.74, 6) is -2.17. The molecule has 1 heterocycles. The lowest BCUT2D eigenvalue weighted by molar-refractivity contribution is 0.101. The van der Waals surface area contributed by atoms with Gasteiger partial charge in [0, 0.05) is 11.6 Å². The van der Waals surface area contributed by atoms with Gasteiger partial charge >= 0.3 is 0 Å². The van der Waals surface area contributed by atoms with Crippen molar-refractivity contribution in [1.82, 2.24) is 5.16 Å². The second kappa shape index (κ2) is 4.32. The summed E-state index contributed by atoms with van der Waals surface area (Å²) < 4.78 is 30.5. The maximum atomic E-state index is 13.3. The van der Waals surface area contributed by atoms with Crippen molar-refractivity contribution in [3.8, 4) is 0 Å². The third-order valence-electron chi connectivity index (χ3n) is 2.14. The quantitative estimate of drug-likeness (QED) is 0.874. The molecule has 2 aromatic rings. The monoisotopic (exact) mass is 238 g/mol. The van der Waals surface area contributed by atoms with Crippen molar-refractivity contribution >= 4 is 11.6 Å². The van der Waals surface area contributed by atoms with Crippen molar-refractivity contribution in [3.63, 3.8) is 0 Å². The third kappa shape index (κ3) is 2.30. The van der Waals surface area contributed by atoms with Crippen LogP contribution in [0.1, 0.15) is 16.1 Å². The first-order valence-corrected chi connectivity index (χ1v) is 4.75. The second-order valence-corrected chi connectivity index (χ2v) is 3.42. The van der Waals surface area contributed by atoms with Gasteiger partial charge in [0.25, 0.3) is 5.91 Å². The number of amides is 1. The average Bonchev–Trinajstić information content (AvgIpc) is 2.68. The Morgan fingerprint density at radius 1 is 1.41 bits per heavy atom. The number of benzene rings is 1. The van der Waals surface area contributed by atoms with Crippen LogP contribution in [0.3, 0.4) is 0 Å². The van der Waals surface area contributed by atoms with E-state index in [-0.39, 0.29) is 11.4 Å². The Hall–Kier alpha value is -2.24. The molecule has 88 valence electrons. The van der Waals surface area contributed by atoms with Crippen LogP contribution in [0.15, 0.2) is 29.0 Å². The highest BCUT2D eigenvalue weighted by molar-refractivity contribution is 6.03. The molecule has 6 heteroatoms. The van der Waals surface area contributed by atoms with Gasteiger partial charge in [-0.3, -0.25) is 4.79 Å². The van der Waals surface area contributed by atoms with E-state index in [0.29, 0.717) is 11.6 Å². The van der Waals surface area contributed by atoms with Crippen molar-refractivity contribution in [2.75, 3.05) is 5.32 Å². The number of halogens is 2. The SMILES string of the molecule is Cc1conc1C(=O)Nc1ccc(F)cc1F. The van der Waals surface area contributed by atoms with E-state index < -0.39 is 17.5 Å². The lowest BCUT2D eigenvalue weighted by Gasteiger charge is -2.04. The van der Waals surface area contributed by atoms with Gasteiger partial charge in [-0.05, 0) is 19.1 Å². The van der Waals surface area contributed by atoms with Gasteiger partial charge in [-0.25, -0.2) is 8.78 Å². The minimum Gasteiger partial charge on any atom is -0.364 e. The number of hydrogen-bond acceptors (Lipinski definition) is 3. The van der Waals surface area contributed by atoms with E-state index in [4.69, 9.17) is 0 Å². The van der Waals surface area contributed by atoms with Crippen molar-refractivity contribution in [3.05, 3.63) is 47.4 Å². The predicted octanol–water partition coefficient (Wildman–Crippen LogP) is 2.51. The van der Waals surface area contributed by atoms with E-state index in [2.05, 4.69) is 15.0 Å². The molecule has 0 bridgehead atoms. The van der Waals surface area contributed by atoms with Crippen LogP contribution < -0.4 is 5.32 Å². The van der Waals surface area contributed by atoms with Gasteiger partial charge in [-0.15, -0.1) is 0 Å². The molecule has 0 radical (unpaired) electrons. The summed E-state index contributed by atoms with van der Waals surface area (Å²) >= 11 is 0. The van der Waals surface area contributed by atoms with Gasteiger partial charge in [0.05, 0.1) is 5.69 Å². The molecule has 0 fully saturated rings. The number of carbonyl (C=O) groups is 1. The molecule has 0 aliphatic heterocycles. The minimum absolute atomic E-state index is 0.0636. The molecule has 0 spiro atoms. The Morgan fingerprint density at radius 2 is 2.18 bits per heavy atom. The predicted molar refractivity (Wildman–Crippen MR) is 55.6 cm³/mol. The Labute approximate surface area is 95.2 Å². The first-order chi connectivity index (χ1) is 8.08. The summed E-state index contributed by atoms with van der Waals surface area (Å²) in [6, 6.07) is 2.87. The molecule has 1 aromatic heterocycles. The summed E-state index contributed by atoms with van der Waals surface area (Å²) in [4.78, 5) is 11.6. The van der Waals surface area contributed by atoms with Crippen molar-refractivity contribution < 1.29 is 18.1 Å². The van der Waals surface area contributed by atoms with Crippen LogP contribution in [0, 0.1) is 18.6 Å². The van der Waals surface area contributed by atoms with Crippen LogP contribution in [-0.4, -0.2) is 11.1 Å². The van der Waals surface area contributed by atoms with E-state index in [9.17, 15) is 13.6 Å². The fraction of sp³-hybridized carbons (Fsp3) is 0.0909. The standard InChI is InChI=1S/C11H8F2N2O2/c1-6-5-17-15-10(6)11(16)14-9-3-2-7(12)4-8(9)13/h2-5H,1H3,(H,14,16). The molecular weight excluding hydrogens is 230 g/mol. The number of anilines is 1. The molecular formula is C11H8F2N2O2. The largest absolute Gasteiger partial charge is 0.364 e. The molecule has 0 aliphatic carbocycles. The molecule has 17 heavy (non-hydrogen) atoms. The number of hydrogen-bond donors (Lipinski definition) is 1. The number of aryl methyl sites for hydroxylation is 1. The fourth-order valence-corrected chi connectivity index (χ4v) is 1.28. The van der Waals surface area contributed by atoms with E-state index in [0.717, 1.165) is 12.1 Å².